The molecule has 1 rings (SSSR count). The molecule has 0 amide bonds. The molecule has 0 aliphatic heterocycles. The molecule has 2 heteroatoms. The molecule has 0 aliphatic rings. The van der Waals surface area contributed by atoms with Crippen molar-refractivity contribution in [3.63, 3.8) is 0 Å². The predicted octanol–water partition coefficient (Wildman–Crippen LogP) is 3.16. The second-order valence-electron chi connectivity index (χ2n) is 2.40. The van der Waals surface area contributed by atoms with Gasteiger partial charge in [-0.2, -0.15) is 0 Å². The standard InChI is InChI=1S/C9H11BrO/c1-3-11-9-5-7(2)4-8(10)6-9/h4-6H,3H2,1-2H3. The minimum Gasteiger partial charge on any atom is -0.494 e. The predicted molar refractivity (Wildman–Crippen MR) is 50.0 cm³/mol. The molecule has 0 aromatic heterocycles. The molecule has 1 aromatic rings. The van der Waals surface area contributed by atoms with Crippen molar-refractivity contribution in [2.45, 2.75) is 13.8 Å². The summed E-state index contributed by atoms with van der Waals surface area (Å²) in [5, 5.41) is 0. The maximum absolute atomic E-state index is 5.34. The van der Waals surface area contributed by atoms with Crippen LogP contribution >= 0.6 is 15.9 Å². The summed E-state index contributed by atoms with van der Waals surface area (Å²) in [7, 11) is 0. The first-order valence-corrected chi connectivity index (χ1v) is 4.41. The maximum Gasteiger partial charge on any atom is 0.120 e. The van der Waals surface area contributed by atoms with Crippen LogP contribution in [-0.4, -0.2) is 6.61 Å². The molecule has 0 bridgehead atoms. The van der Waals surface area contributed by atoms with Gasteiger partial charge in [-0.05, 0) is 37.6 Å². The molecule has 60 valence electrons. The Morgan fingerprint density at radius 1 is 1.36 bits per heavy atom. The van der Waals surface area contributed by atoms with Crippen molar-refractivity contribution < 1.29 is 4.74 Å². The van der Waals surface area contributed by atoms with Gasteiger partial charge in [0.2, 0.25) is 0 Å². The molecule has 1 aromatic carbocycles. The molecule has 0 fully saturated rings. The molecule has 0 spiro atoms. The van der Waals surface area contributed by atoms with E-state index in [2.05, 4.69) is 22.0 Å². The minimum atomic E-state index is 0.718. The Morgan fingerprint density at radius 3 is 2.64 bits per heavy atom. The number of hydrogen-bond acceptors (Lipinski definition) is 1. The zero-order chi connectivity index (χ0) is 8.27. The molecule has 1 nitrogen and oxygen atoms in total. The Balaban J connectivity index is 2.89. The van der Waals surface area contributed by atoms with Crippen molar-refractivity contribution in [1.82, 2.24) is 0 Å². The summed E-state index contributed by atoms with van der Waals surface area (Å²) in [6.45, 7) is 4.75. The van der Waals surface area contributed by atoms with E-state index in [1.807, 2.05) is 26.0 Å². The molecule has 11 heavy (non-hydrogen) atoms. The number of ether oxygens (including phenoxy) is 1. The highest BCUT2D eigenvalue weighted by Gasteiger charge is 1.94. The third-order valence-corrected chi connectivity index (χ3v) is 1.78. The Kier molecular flexibility index (Phi) is 2.94. The van der Waals surface area contributed by atoms with Gasteiger partial charge in [0.1, 0.15) is 5.75 Å². The summed E-state index contributed by atoms with van der Waals surface area (Å²) >= 11 is 3.40. The van der Waals surface area contributed by atoms with Crippen LogP contribution in [0.5, 0.6) is 5.75 Å². The smallest absolute Gasteiger partial charge is 0.120 e. The second-order valence-corrected chi connectivity index (χ2v) is 3.31. The van der Waals surface area contributed by atoms with E-state index < -0.39 is 0 Å². The highest BCUT2D eigenvalue weighted by molar-refractivity contribution is 9.10. The zero-order valence-corrected chi connectivity index (χ0v) is 8.31. The number of rotatable bonds is 2. The molecule has 0 saturated carbocycles. The van der Waals surface area contributed by atoms with Crippen LogP contribution in [0, 0.1) is 6.92 Å². The lowest BCUT2D eigenvalue weighted by Gasteiger charge is -2.03. The van der Waals surface area contributed by atoms with Crippen LogP contribution in [-0.2, 0) is 0 Å². The van der Waals surface area contributed by atoms with Gasteiger partial charge in [-0.3, -0.25) is 0 Å². The van der Waals surface area contributed by atoms with Gasteiger partial charge < -0.3 is 4.74 Å². The van der Waals surface area contributed by atoms with Gasteiger partial charge in [0, 0.05) is 4.47 Å². The normalized spacial score (nSPS) is 9.73. The van der Waals surface area contributed by atoms with E-state index >= 15 is 0 Å². The van der Waals surface area contributed by atoms with Crippen LogP contribution in [0.1, 0.15) is 12.5 Å². The van der Waals surface area contributed by atoms with Crippen molar-refractivity contribution >= 4 is 15.9 Å². The molecule has 0 radical (unpaired) electrons. The minimum absolute atomic E-state index is 0.718. The van der Waals surface area contributed by atoms with E-state index in [0.717, 1.165) is 16.8 Å². The topological polar surface area (TPSA) is 9.23 Å². The van der Waals surface area contributed by atoms with Crippen molar-refractivity contribution in [2.24, 2.45) is 0 Å². The summed E-state index contributed by atoms with van der Waals surface area (Å²) in [4.78, 5) is 0. The summed E-state index contributed by atoms with van der Waals surface area (Å²) in [6, 6.07) is 6.05. The third kappa shape index (κ3) is 2.54. The SMILES string of the molecule is CCOc1cc(C)cc(Br)c1. The number of hydrogen-bond donors (Lipinski definition) is 0. The molecule has 0 heterocycles. The summed E-state index contributed by atoms with van der Waals surface area (Å²) in [5.74, 6) is 0.930. The fourth-order valence-electron chi connectivity index (χ4n) is 0.953. The first kappa shape index (κ1) is 8.60. The van der Waals surface area contributed by atoms with Gasteiger partial charge in [-0.1, -0.05) is 15.9 Å². The van der Waals surface area contributed by atoms with Gasteiger partial charge in [0.25, 0.3) is 0 Å². The first-order valence-electron chi connectivity index (χ1n) is 3.62. The summed E-state index contributed by atoms with van der Waals surface area (Å²) in [5.41, 5.74) is 1.21. The lowest BCUT2D eigenvalue weighted by atomic mass is 10.2. The van der Waals surface area contributed by atoms with Crippen molar-refractivity contribution in [1.29, 1.82) is 0 Å². The fourth-order valence-corrected chi connectivity index (χ4v) is 1.54. The summed E-state index contributed by atoms with van der Waals surface area (Å²) in [6.07, 6.45) is 0. The fraction of sp³-hybridized carbons (Fsp3) is 0.333. The highest BCUT2D eigenvalue weighted by atomic mass is 79.9. The average molecular weight is 215 g/mol. The molecule has 0 aliphatic carbocycles. The Bertz CT molecular complexity index is 225. The van der Waals surface area contributed by atoms with E-state index in [0.29, 0.717) is 0 Å². The third-order valence-electron chi connectivity index (χ3n) is 1.33. The van der Waals surface area contributed by atoms with Crippen molar-refractivity contribution in [2.75, 3.05) is 6.61 Å². The van der Waals surface area contributed by atoms with E-state index in [1.54, 1.807) is 0 Å². The molecular formula is C9H11BrO. The highest BCUT2D eigenvalue weighted by Crippen LogP contribution is 2.20. The van der Waals surface area contributed by atoms with E-state index in [-0.39, 0.29) is 0 Å². The van der Waals surface area contributed by atoms with Gasteiger partial charge in [-0.15, -0.1) is 0 Å². The Morgan fingerprint density at radius 2 is 2.09 bits per heavy atom. The lowest BCUT2D eigenvalue weighted by Crippen LogP contribution is -1.91. The van der Waals surface area contributed by atoms with Crippen LogP contribution in [0.3, 0.4) is 0 Å². The van der Waals surface area contributed by atoms with E-state index in [4.69, 9.17) is 4.74 Å². The quantitative estimate of drug-likeness (QED) is 0.736. The molecule has 0 saturated heterocycles. The zero-order valence-electron chi connectivity index (χ0n) is 6.73. The molecule has 0 unspecified atom stereocenters. The van der Waals surface area contributed by atoms with E-state index in [1.165, 1.54) is 5.56 Å². The van der Waals surface area contributed by atoms with Crippen LogP contribution in [0.4, 0.5) is 0 Å². The van der Waals surface area contributed by atoms with Gasteiger partial charge in [0.05, 0.1) is 6.61 Å². The Labute approximate surface area is 75.5 Å². The van der Waals surface area contributed by atoms with E-state index in [9.17, 15) is 0 Å². The Hall–Kier alpha value is -0.500. The molecule has 0 atom stereocenters. The monoisotopic (exact) mass is 214 g/mol. The molecular weight excluding hydrogens is 204 g/mol. The van der Waals surface area contributed by atoms with Crippen molar-refractivity contribution in [3.8, 4) is 5.75 Å². The van der Waals surface area contributed by atoms with Gasteiger partial charge in [-0.25, -0.2) is 0 Å². The lowest BCUT2D eigenvalue weighted by molar-refractivity contribution is 0.340. The van der Waals surface area contributed by atoms with Crippen molar-refractivity contribution in [3.05, 3.63) is 28.2 Å². The number of benzene rings is 1. The largest absolute Gasteiger partial charge is 0.494 e. The van der Waals surface area contributed by atoms with Crippen LogP contribution < -0.4 is 4.74 Å². The summed E-state index contributed by atoms with van der Waals surface area (Å²) < 4.78 is 6.41. The van der Waals surface area contributed by atoms with Crippen LogP contribution in [0.15, 0.2) is 22.7 Å². The van der Waals surface area contributed by atoms with Gasteiger partial charge >= 0.3 is 0 Å². The molecule has 0 N–H and O–H groups in total. The van der Waals surface area contributed by atoms with Crippen LogP contribution in [0.25, 0.3) is 0 Å². The number of aryl methyl sites for hydroxylation is 1. The number of halogens is 1. The van der Waals surface area contributed by atoms with Crippen LogP contribution in [0.2, 0.25) is 0 Å². The van der Waals surface area contributed by atoms with Gasteiger partial charge in [0.15, 0.2) is 0 Å². The first-order chi connectivity index (χ1) is 5.22. The maximum atomic E-state index is 5.34. The second kappa shape index (κ2) is 3.77. The average Bonchev–Trinajstić information content (AvgIpc) is 1.85.